The van der Waals surface area contributed by atoms with Gasteiger partial charge in [0.2, 0.25) is 5.56 Å². The summed E-state index contributed by atoms with van der Waals surface area (Å²) in [7, 11) is 0. The molecule has 0 saturated carbocycles. The highest BCUT2D eigenvalue weighted by atomic mass is 16.3. The normalized spacial score (nSPS) is 11.8. The molecule has 0 spiro atoms. The number of nitrogens with one attached hydrogen (secondary N) is 2. The molecule has 26 heavy (non-hydrogen) atoms. The Hall–Kier alpha value is -3.25. The molecule has 1 atom stereocenters. The summed E-state index contributed by atoms with van der Waals surface area (Å²) in [4.78, 5) is 30.8. The molecule has 2 heterocycles. The Morgan fingerprint density at radius 3 is 2.65 bits per heavy atom. The summed E-state index contributed by atoms with van der Waals surface area (Å²) in [6, 6.07) is 15.9. The first kappa shape index (κ1) is 17.6. The first-order chi connectivity index (χ1) is 12.6. The topological polar surface area (TPSA) is 95.1 Å². The van der Waals surface area contributed by atoms with Gasteiger partial charge in [0, 0.05) is 24.5 Å². The minimum absolute atomic E-state index is 0.0264. The second-order valence-electron chi connectivity index (χ2n) is 5.88. The number of pyridine rings is 2. The lowest BCUT2D eigenvalue weighted by atomic mass is 9.99. The summed E-state index contributed by atoms with van der Waals surface area (Å²) < 4.78 is 0. The van der Waals surface area contributed by atoms with Gasteiger partial charge >= 0.3 is 0 Å². The monoisotopic (exact) mass is 349 g/mol. The maximum absolute atomic E-state index is 12.7. The number of hydrogen-bond acceptors (Lipinski definition) is 4. The average Bonchev–Trinajstić information content (AvgIpc) is 2.66. The van der Waals surface area contributed by atoms with Gasteiger partial charge in [-0.2, -0.15) is 0 Å². The zero-order valence-corrected chi connectivity index (χ0v) is 14.3. The number of benzene rings is 1. The molecule has 1 amide bonds. The van der Waals surface area contributed by atoms with Crippen molar-refractivity contribution in [3.8, 4) is 11.1 Å². The molecule has 132 valence electrons. The third-order valence-electron chi connectivity index (χ3n) is 4.06. The molecule has 1 unspecified atom stereocenters. The molecular formula is C20H19N3O3. The van der Waals surface area contributed by atoms with E-state index in [2.05, 4.69) is 15.3 Å². The molecule has 0 aliphatic carbocycles. The summed E-state index contributed by atoms with van der Waals surface area (Å²) >= 11 is 0. The second kappa shape index (κ2) is 7.76. The molecule has 1 aromatic carbocycles. The van der Waals surface area contributed by atoms with E-state index in [4.69, 9.17) is 0 Å². The molecule has 3 rings (SSSR count). The number of nitrogens with zero attached hydrogens (tertiary/aromatic N) is 1. The molecule has 0 aliphatic rings. The molecular weight excluding hydrogens is 330 g/mol. The van der Waals surface area contributed by atoms with Crippen LogP contribution in [0, 0.1) is 6.92 Å². The van der Waals surface area contributed by atoms with E-state index in [0.29, 0.717) is 17.0 Å². The standard InChI is InChI=1S/C20H19N3O3/c1-13-19(15(10-11-21-13)14-6-3-2-4-7-14)20(26)22-12-17(24)16-8-5-9-18(25)23-16/h2-11,17,24H,12H2,1H3,(H,22,26)(H,23,25). The number of hydrogen-bond donors (Lipinski definition) is 3. The van der Waals surface area contributed by atoms with Crippen LogP contribution in [-0.4, -0.2) is 27.5 Å². The van der Waals surface area contributed by atoms with Gasteiger partial charge in [0.15, 0.2) is 0 Å². The van der Waals surface area contributed by atoms with Crippen LogP contribution >= 0.6 is 0 Å². The van der Waals surface area contributed by atoms with E-state index in [-0.39, 0.29) is 18.0 Å². The Labute approximate surface area is 150 Å². The lowest BCUT2D eigenvalue weighted by Crippen LogP contribution is -2.30. The number of carbonyl (C=O) groups is 1. The largest absolute Gasteiger partial charge is 0.385 e. The van der Waals surface area contributed by atoms with E-state index in [0.717, 1.165) is 11.1 Å². The summed E-state index contributed by atoms with van der Waals surface area (Å²) in [5.74, 6) is -0.327. The summed E-state index contributed by atoms with van der Waals surface area (Å²) in [5, 5.41) is 12.9. The number of aromatic amines is 1. The van der Waals surface area contributed by atoms with Crippen LogP contribution in [0.25, 0.3) is 11.1 Å². The van der Waals surface area contributed by atoms with E-state index in [1.807, 2.05) is 30.3 Å². The number of H-pyrrole nitrogens is 1. The van der Waals surface area contributed by atoms with Crippen molar-refractivity contribution in [2.45, 2.75) is 13.0 Å². The fourth-order valence-corrected chi connectivity index (χ4v) is 2.76. The van der Waals surface area contributed by atoms with E-state index in [9.17, 15) is 14.7 Å². The Kier molecular flexibility index (Phi) is 5.24. The van der Waals surface area contributed by atoms with Crippen LogP contribution in [0.4, 0.5) is 0 Å². The van der Waals surface area contributed by atoms with Gasteiger partial charge in [0.1, 0.15) is 6.10 Å². The Bertz CT molecular complexity index is 967. The molecule has 0 fully saturated rings. The number of aliphatic hydroxyl groups excluding tert-OH is 1. The molecule has 6 heteroatoms. The van der Waals surface area contributed by atoms with Crippen molar-refractivity contribution in [2.75, 3.05) is 6.54 Å². The molecule has 0 bridgehead atoms. The number of aromatic nitrogens is 2. The third kappa shape index (κ3) is 3.87. The molecule has 6 nitrogen and oxygen atoms in total. The highest BCUT2D eigenvalue weighted by molar-refractivity contribution is 6.01. The van der Waals surface area contributed by atoms with Crippen LogP contribution in [0.3, 0.4) is 0 Å². The molecule has 0 saturated heterocycles. The van der Waals surface area contributed by atoms with Crippen LogP contribution in [-0.2, 0) is 0 Å². The first-order valence-corrected chi connectivity index (χ1v) is 8.23. The van der Waals surface area contributed by atoms with Gasteiger partial charge in [-0.3, -0.25) is 14.6 Å². The maximum atomic E-state index is 12.7. The quantitative estimate of drug-likeness (QED) is 0.658. The predicted molar refractivity (Wildman–Crippen MR) is 98.8 cm³/mol. The zero-order chi connectivity index (χ0) is 18.5. The van der Waals surface area contributed by atoms with Gasteiger partial charge in [-0.05, 0) is 30.2 Å². The van der Waals surface area contributed by atoms with Crippen LogP contribution in [0.1, 0.15) is 27.8 Å². The second-order valence-corrected chi connectivity index (χ2v) is 5.88. The lowest BCUT2D eigenvalue weighted by molar-refractivity contribution is 0.0913. The van der Waals surface area contributed by atoms with E-state index in [1.54, 1.807) is 31.3 Å². The van der Waals surface area contributed by atoms with Crippen LogP contribution in [0.15, 0.2) is 65.6 Å². The number of carbonyl (C=O) groups excluding carboxylic acids is 1. The van der Waals surface area contributed by atoms with Gasteiger partial charge in [0.05, 0.1) is 11.3 Å². The Morgan fingerprint density at radius 1 is 1.15 bits per heavy atom. The van der Waals surface area contributed by atoms with Crippen LogP contribution < -0.4 is 10.9 Å². The van der Waals surface area contributed by atoms with Crippen molar-refractivity contribution in [3.05, 3.63) is 88.1 Å². The van der Waals surface area contributed by atoms with Crippen molar-refractivity contribution < 1.29 is 9.90 Å². The lowest BCUT2D eigenvalue weighted by Gasteiger charge is -2.15. The van der Waals surface area contributed by atoms with Gasteiger partial charge in [-0.25, -0.2) is 0 Å². The average molecular weight is 349 g/mol. The van der Waals surface area contributed by atoms with Crippen molar-refractivity contribution in [2.24, 2.45) is 0 Å². The summed E-state index contributed by atoms with van der Waals surface area (Å²) in [6.07, 6.45) is 0.655. The van der Waals surface area contributed by atoms with Gasteiger partial charge < -0.3 is 15.4 Å². The molecule has 0 aliphatic heterocycles. The van der Waals surface area contributed by atoms with Crippen LogP contribution in [0.5, 0.6) is 0 Å². The molecule has 0 radical (unpaired) electrons. The minimum atomic E-state index is -1.01. The predicted octanol–water partition coefficient (Wildman–Crippen LogP) is 2.21. The van der Waals surface area contributed by atoms with Crippen molar-refractivity contribution in [1.82, 2.24) is 15.3 Å². The fraction of sp³-hybridized carbons (Fsp3) is 0.150. The minimum Gasteiger partial charge on any atom is -0.385 e. The Morgan fingerprint density at radius 2 is 1.92 bits per heavy atom. The zero-order valence-electron chi connectivity index (χ0n) is 14.3. The maximum Gasteiger partial charge on any atom is 0.253 e. The SMILES string of the molecule is Cc1nccc(-c2ccccc2)c1C(=O)NCC(O)c1cccc(=O)[nH]1. The molecule has 3 N–H and O–H groups in total. The van der Waals surface area contributed by atoms with Gasteiger partial charge in [-0.15, -0.1) is 0 Å². The van der Waals surface area contributed by atoms with E-state index >= 15 is 0 Å². The number of aryl methyl sites for hydroxylation is 1. The highest BCUT2D eigenvalue weighted by Crippen LogP contribution is 2.25. The first-order valence-electron chi connectivity index (χ1n) is 8.23. The highest BCUT2D eigenvalue weighted by Gasteiger charge is 2.18. The summed E-state index contributed by atoms with van der Waals surface area (Å²) in [6.45, 7) is 1.74. The van der Waals surface area contributed by atoms with Crippen molar-refractivity contribution in [1.29, 1.82) is 0 Å². The third-order valence-corrected chi connectivity index (χ3v) is 4.06. The molecule has 3 aromatic rings. The number of amides is 1. The number of rotatable bonds is 5. The number of aliphatic hydroxyl groups is 1. The van der Waals surface area contributed by atoms with Crippen LogP contribution in [0.2, 0.25) is 0 Å². The van der Waals surface area contributed by atoms with Crippen molar-refractivity contribution in [3.63, 3.8) is 0 Å². The Balaban J connectivity index is 1.81. The van der Waals surface area contributed by atoms with E-state index < -0.39 is 6.10 Å². The van der Waals surface area contributed by atoms with Crippen molar-refractivity contribution >= 4 is 5.91 Å². The molecule has 2 aromatic heterocycles. The van der Waals surface area contributed by atoms with Gasteiger partial charge in [0.25, 0.3) is 5.91 Å². The summed E-state index contributed by atoms with van der Waals surface area (Å²) in [5.41, 5.74) is 2.81. The van der Waals surface area contributed by atoms with Gasteiger partial charge in [-0.1, -0.05) is 36.4 Å². The smallest absolute Gasteiger partial charge is 0.253 e. The fourth-order valence-electron chi connectivity index (χ4n) is 2.76. The van der Waals surface area contributed by atoms with E-state index in [1.165, 1.54) is 6.07 Å².